The lowest BCUT2D eigenvalue weighted by Gasteiger charge is -2.14. The standard InChI is InChI=1S/C24H20N4O5/c29-28(30)22-12-20-21(13-23(22)33-19-10-11-31-14-19)25-15-26-24(20)27-16-6-8-18(9-7-16)32-17-4-2-1-3-5-17/h1-9,12-13,15,19H,10-11,14H2,(H,25,26,27)/t19-/m0/s1. The molecule has 1 aliphatic rings. The van der Waals surface area contributed by atoms with Gasteiger partial charge in [0.25, 0.3) is 0 Å². The van der Waals surface area contributed by atoms with Gasteiger partial charge in [-0.3, -0.25) is 10.1 Å². The minimum Gasteiger partial charge on any atom is -0.481 e. The molecule has 1 fully saturated rings. The molecular weight excluding hydrogens is 424 g/mol. The molecule has 9 nitrogen and oxygen atoms in total. The quantitative estimate of drug-likeness (QED) is 0.304. The van der Waals surface area contributed by atoms with Crippen molar-refractivity contribution in [1.82, 2.24) is 9.97 Å². The second-order valence-corrected chi connectivity index (χ2v) is 7.48. The largest absolute Gasteiger partial charge is 0.481 e. The summed E-state index contributed by atoms with van der Waals surface area (Å²) in [6, 6.07) is 19.9. The van der Waals surface area contributed by atoms with Crippen LogP contribution in [0.5, 0.6) is 17.2 Å². The van der Waals surface area contributed by atoms with E-state index in [1.807, 2.05) is 54.6 Å². The van der Waals surface area contributed by atoms with Gasteiger partial charge in [-0.15, -0.1) is 0 Å². The van der Waals surface area contributed by atoms with Crippen LogP contribution in [0.15, 0.2) is 73.1 Å². The zero-order valence-electron chi connectivity index (χ0n) is 17.5. The van der Waals surface area contributed by atoms with E-state index in [4.69, 9.17) is 14.2 Å². The van der Waals surface area contributed by atoms with E-state index in [0.29, 0.717) is 42.1 Å². The van der Waals surface area contributed by atoms with Crippen molar-refractivity contribution < 1.29 is 19.1 Å². The molecule has 2 heterocycles. The average Bonchev–Trinajstić information content (AvgIpc) is 3.34. The minimum atomic E-state index is -0.461. The summed E-state index contributed by atoms with van der Waals surface area (Å²) in [5, 5.41) is 15.4. The Morgan fingerprint density at radius 2 is 1.82 bits per heavy atom. The Morgan fingerprint density at radius 1 is 1.03 bits per heavy atom. The number of nitrogens with one attached hydrogen (secondary N) is 1. The number of nitro benzene ring substituents is 1. The summed E-state index contributed by atoms with van der Waals surface area (Å²) < 4.78 is 17.0. The van der Waals surface area contributed by atoms with Gasteiger partial charge in [-0.1, -0.05) is 18.2 Å². The third-order valence-corrected chi connectivity index (χ3v) is 5.19. The molecule has 0 aliphatic carbocycles. The van der Waals surface area contributed by atoms with E-state index in [9.17, 15) is 10.1 Å². The van der Waals surface area contributed by atoms with Crippen LogP contribution in [0.25, 0.3) is 10.9 Å². The minimum absolute atomic E-state index is 0.140. The van der Waals surface area contributed by atoms with E-state index in [1.165, 1.54) is 12.4 Å². The van der Waals surface area contributed by atoms with Crippen LogP contribution in [0, 0.1) is 10.1 Å². The Bertz CT molecular complexity index is 1280. The summed E-state index contributed by atoms with van der Waals surface area (Å²) >= 11 is 0. The number of ether oxygens (including phenoxy) is 3. The molecule has 166 valence electrons. The lowest BCUT2D eigenvalue weighted by Crippen LogP contribution is -2.16. The monoisotopic (exact) mass is 444 g/mol. The van der Waals surface area contributed by atoms with E-state index in [-0.39, 0.29) is 17.5 Å². The predicted octanol–water partition coefficient (Wildman–Crippen LogP) is 5.24. The van der Waals surface area contributed by atoms with Gasteiger partial charge in [0.05, 0.1) is 29.0 Å². The van der Waals surface area contributed by atoms with Crippen molar-refractivity contribution >= 4 is 28.1 Å². The van der Waals surface area contributed by atoms with Crippen molar-refractivity contribution in [2.24, 2.45) is 0 Å². The van der Waals surface area contributed by atoms with Crippen LogP contribution in [0.4, 0.5) is 17.2 Å². The fraction of sp³-hybridized carbons (Fsp3) is 0.167. The van der Waals surface area contributed by atoms with Crippen molar-refractivity contribution in [1.29, 1.82) is 0 Å². The highest BCUT2D eigenvalue weighted by atomic mass is 16.6. The van der Waals surface area contributed by atoms with Gasteiger partial charge in [-0.25, -0.2) is 9.97 Å². The maximum absolute atomic E-state index is 11.7. The van der Waals surface area contributed by atoms with E-state index in [0.717, 1.165) is 11.4 Å². The molecule has 0 saturated carbocycles. The van der Waals surface area contributed by atoms with Crippen molar-refractivity contribution in [3.8, 4) is 17.2 Å². The van der Waals surface area contributed by atoms with Gasteiger partial charge >= 0.3 is 5.69 Å². The van der Waals surface area contributed by atoms with Gasteiger partial charge in [-0.2, -0.15) is 0 Å². The van der Waals surface area contributed by atoms with Crippen molar-refractivity contribution in [2.45, 2.75) is 12.5 Å². The van der Waals surface area contributed by atoms with Gasteiger partial charge in [0, 0.05) is 24.2 Å². The number of benzene rings is 3. The average molecular weight is 444 g/mol. The molecule has 3 aromatic carbocycles. The Kier molecular flexibility index (Phi) is 5.69. The SMILES string of the molecule is O=[N+]([O-])c1cc2c(Nc3ccc(Oc4ccccc4)cc3)ncnc2cc1O[C@H]1CCOC1. The number of hydrogen-bond acceptors (Lipinski definition) is 8. The van der Waals surface area contributed by atoms with Crippen LogP contribution < -0.4 is 14.8 Å². The molecule has 1 aliphatic heterocycles. The summed E-state index contributed by atoms with van der Waals surface area (Å²) in [5.41, 5.74) is 1.15. The molecule has 1 saturated heterocycles. The van der Waals surface area contributed by atoms with Crippen LogP contribution in [0.2, 0.25) is 0 Å². The molecule has 0 unspecified atom stereocenters. The molecule has 1 aromatic heterocycles. The van der Waals surface area contributed by atoms with Gasteiger partial charge < -0.3 is 19.5 Å². The molecule has 1 atom stereocenters. The smallest absolute Gasteiger partial charge is 0.311 e. The summed E-state index contributed by atoms with van der Waals surface area (Å²) in [6.45, 7) is 0.993. The van der Waals surface area contributed by atoms with Crippen LogP contribution in [0.1, 0.15) is 6.42 Å². The molecule has 0 spiro atoms. The highest BCUT2D eigenvalue weighted by molar-refractivity contribution is 5.93. The summed E-state index contributed by atoms with van der Waals surface area (Å²) in [6.07, 6.45) is 1.89. The third kappa shape index (κ3) is 4.68. The first-order chi connectivity index (χ1) is 16.2. The van der Waals surface area contributed by atoms with Gasteiger partial charge in [0.15, 0.2) is 5.75 Å². The number of fused-ring (bicyclic) bond motifs is 1. The van der Waals surface area contributed by atoms with E-state index in [1.54, 1.807) is 6.07 Å². The number of nitrogens with zero attached hydrogens (tertiary/aromatic N) is 3. The van der Waals surface area contributed by atoms with E-state index < -0.39 is 4.92 Å². The fourth-order valence-electron chi connectivity index (χ4n) is 3.56. The van der Waals surface area contributed by atoms with E-state index in [2.05, 4.69) is 15.3 Å². The number of aromatic nitrogens is 2. The number of rotatable bonds is 7. The topological polar surface area (TPSA) is 109 Å². The molecule has 9 heteroatoms. The molecule has 5 rings (SSSR count). The number of para-hydroxylation sites is 1. The van der Waals surface area contributed by atoms with E-state index >= 15 is 0 Å². The van der Waals surface area contributed by atoms with Gasteiger partial charge in [0.2, 0.25) is 0 Å². The summed E-state index contributed by atoms with van der Waals surface area (Å²) in [4.78, 5) is 19.8. The molecule has 0 amide bonds. The number of hydrogen-bond donors (Lipinski definition) is 1. The normalized spacial score (nSPS) is 15.3. The lowest BCUT2D eigenvalue weighted by atomic mass is 10.2. The Balaban J connectivity index is 1.41. The van der Waals surface area contributed by atoms with Crippen molar-refractivity contribution in [2.75, 3.05) is 18.5 Å². The molecule has 33 heavy (non-hydrogen) atoms. The molecule has 0 radical (unpaired) electrons. The zero-order valence-corrected chi connectivity index (χ0v) is 17.5. The third-order valence-electron chi connectivity index (χ3n) is 5.19. The van der Waals surface area contributed by atoms with Crippen molar-refractivity contribution in [3.05, 3.63) is 83.2 Å². The fourth-order valence-corrected chi connectivity index (χ4v) is 3.56. The first-order valence-corrected chi connectivity index (χ1v) is 10.4. The lowest BCUT2D eigenvalue weighted by molar-refractivity contribution is -0.385. The molecule has 0 bridgehead atoms. The molecule has 1 N–H and O–H groups in total. The Morgan fingerprint density at radius 3 is 2.55 bits per heavy atom. The highest BCUT2D eigenvalue weighted by Gasteiger charge is 2.24. The van der Waals surface area contributed by atoms with Gasteiger partial charge in [-0.05, 0) is 36.4 Å². The van der Waals surface area contributed by atoms with Gasteiger partial charge in [0.1, 0.15) is 29.7 Å². The summed E-state index contributed by atoms with van der Waals surface area (Å²) in [7, 11) is 0. The van der Waals surface area contributed by atoms with Crippen LogP contribution in [-0.2, 0) is 4.74 Å². The first-order valence-electron chi connectivity index (χ1n) is 10.4. The first kappa shape index (κ1) is 20.7. The zero-order chi connectivity index (χ0) is 22.6. The van der Waals surface area contributed by atoms with Crippen molar-refractivity contribution in [3.63, 3.8) is 0 Å². The predicted molar refractivity (Wildman–Crippen MR) is 122 cm³/mol. The maximum atomic E-state index is 11.7. The van der Waals surface area contributed by atoms with Crippen LogP contribution in [0.3, 0.4) is 0 Å². The second-order valence-electron chi connectivity index (χ2n) is 7.48. The second kappa shape index (κ2) is 9.09. The Labute approximate surface area is 189 Å². The number of anilines is 2. The molecular formula is C24H20N4O5. The Hall–Kier alpha value is -4.24. The summed E-state index contributed by atoms with van der Waals surface area (Å²) in [5.74, 6) is 2.06. The highest BCUT2D eigenvalue weighted by Crippen LogP contribution is 2.36. The van der Waals surface area contributed by atoms with Crippen LogP contribution in [-0.4, -0.2) is 34.2 Å². The molecule has 4 aromatic rings. The number of nitro groups is 1. The van der Waals surface area contributed by atoms with Crippen LogP contribution >= 0.6 is 0 Å². The maximum Gasteiger partial charge on any atom is 0.311 e.